The van der Waals surface area contributed by atoms with Gasteiger partial charge in [0.25, 0.3) is 0 Å². The lowest BCUT2D eigenvalue weighted by atomic mass is 9.95. The predicted octanol–water partition coefficient (Wildman–Crippen LogP) is 2.99. The number of likely N-dealkylation sites (tertiary alicyclic amines) is 1. The first kappa shape index (κ1) is 21.2. The Morgan fingerprint density at radius 1 is 1.22 bits per heavy atom. The zero-order valence-electron chi connectivity index (χ0n) is 16.9. The van der Waals surface area contributed by atoms with Gasteiger partial charge in [0.2, 0.25) is 11.8 Å². The molecule has 27 heavy (non-hydrogen) atoms. The first-order valence-corrected chi connectivity index (χ1v) is 10.0. The van der Waals surface area contributed by atoms with Gasteiger partial charge in [0.1, 0.15) is 5.75 Å². The summed E-state index contributed by atoms with van der Waals surface area (Å²) in [6, 6.07) is 7.47. The average molecular weight is 376 g/mol. The van der Waals surface area contributed by atoms with Crippen molar-refractivity contribution in [2.24, 2.45) is 5.92 Å². The second-order valence-corrected chi connectivity index (χ2v) is 7.14. The summed E-state index contributed by atoms with van der Waals surface area (Å²) < 4.78 is 5.55. The number of nitrogens with one attached hydrogen (secondary N) is 1. The Balaban J connectivity index is 1.78. The van der Waals surface area contributed by atoms with Crippen LogP contribution in [0.2, 0.25) is 0 Å². The lowest BCUT2D eigenvalue weighted by Gasteiger charge is -2.32. The van der Waals surface area contributed by atoms with Gasteiger partial charge in [0, 0.05) is 19.5 Å². The highest BCUT2D eigenvalue weighted by atomic mass is 16.5. The second kappa shape index (κ2) is 10.9. The van der Waals surface area contributed by atoms with Gasteiger partial charge >= 0.3 is 0 Å². The summed E-state index contributed by atoms with van der Waals surface area (Å²) in [6.45, 7) is 7.33. The normalized spacial score (nSPS) is 15.4. The average Bonchev–Trinajstić information content (AvgIpc) is 2.68. The number of hydrogen-bond donors (Lipinski definition) is 1. The van der Waals surface area contributed by atoms with E-state index in [1.165, 1.54) is 0 Å². The highest BCUT2D eigenvalue weighted by molar-refractivity contribution is 5.93. The molecule has 1 aliphatic rings. The van der Waals surface area contributed by atoms with Crippen LogP contribution in [0.1, 0.15) is 39.5 Å². The molecule has 1 aliphatic heterocycles. The van der Waals surface area contributed by atoms with Crippen molar-refractivity contribution in [3.63, 3.8) is 0 Å². The van der Waals surface area contributed by atoms with E-state index in [0.717, 1.165) is 45.3 Å². The molecule has 0 bridgehead atoms. The third kappa shape index (κ3) is 6.54. The molecule has 1 fully saturated rings. The Labute approximate surface area is 162 Å². The van der Waals surface area contributed by atoms with Crippen molar-refractivity contribution in [1.29, 1.82) is 0 Å². The van der Waals surface area contributed by atoms with E-state index in [9.17, 15) is 9.59 Å². The lowest BCUT2D eigenvalue weighted by Crippen LogP contribution is -2.43. The number of piperidine rings is 1. The summed E-state index contributed by atoms with van der Waals surface area (Å²) >= 11 is 0. The first-order chi connectivity index (χ1) is 13.0. The van der Waals surface area contributed by atoms with Crippen LogP contribution in [0, 0.1) is 5.92 Å². The fourth-order valence-electron chi connectivity index (χ4n) is 3.40. The highest BCUT2D eigenvalue weighted by Gasteiger charge is 2.27. The van der Waals surface area contributed by atoms with E-state index in [1.54, 1.807) is 0 Å². The standard InChI is InChI=1S/C21H33N3O3/c1-4-6-13-23(3)21(26)17-11-14-24(15-12-17)16-20(25)22-18-9-7-8-10-19(18)27-5-2/h7-10,17H,4-6,11-16H2,1-3H3,(H,22,25). The van der Waals surface area contributed by atoms with Crippen molar-refractivity contribution < 1.29 is 14.3 Å². The molecule has 6 heteroatoms. The van der Waals surface area contributed by atoms with E-state index in [0.29, 0.717) is 24.6 Å². The summed E-state index contributed by atoms with van der Waals surface area (Å²) in [5, 5.41) is 2.94. The van der Waals surface area contributed by atoms with Crippen LogP contribution in [0.4, 0.5) is 5.69 Å². The summed E-state index contributed by atoms with van der Waals surface area (Å²) in [6.07, 6.45) is 3.78. The number of benzene rings is 1. The second-order valence-electron chi connectivity index (χ2n) is 7.14. The van der Waals surface area contributed by atoms with Gasteiger partial charge in [-0.1, -0.05) is 25.5 Å². The molecule has 150 valence electrons. The number of unbranched alkanes of at least 4 members (excludes halogenated alkanes) is 1. The number of nitrogens with zero attached hydrogens (tertiary/aromatic N) is 2. The molecule has 0 spiro atoms. The van der Waals surface area contributed by atoms with Crippen molar-refractivity contribution in [2.45, 2.75) is 39.5 Å². The highest BCUT2D eigenvalue weighted by Crippen LogP contribution is 2.24. The Morgan fingerprint density at radius 2 is 1.93 bits per heavy atom. The van der Waals surface area contributed by atoms with Gasteiger partial charge in [-0.25, -0.2) is 0 Å². The van der Waals surface area contributed by atoms with Gasteiger partial charge in [-0.05, 0) is 51.4 Å². The number of rotatable bonds is 9. The van der Waals surface area contributed by atoms with Crippen LogP contribution in [0.15, 0.2) is 24.3 Å². The van der Waals surface area contributed by atoms with E-state index in [-0.39, 0.29) is 17.7 Å². The van der Waals surface area contributed by atoms with Crippen molar-refractivity contribution in [3.8, 4) is 5.75 Å². The molecule has 6 nitrogen and oxygen atoms in total. The number of amides is 2. The molecule has 1 aromatic carbocycles. The molecule has 0 saturated carbocycles. The van der Waals surface area contributed by atoms with E-state index in [2.05, 4.69) is 17.1 Å². The van der Waals surface area contributed by atoms with Gasteiger partial charge < -0.3 is 15.0 Å². The molecule has 1 aromatic rings. The van der Waals surface area contributed by atoms with Gasteiger partial charge in [-0.15, -0.1) is 0 Å². The minimum Gasteiger partial charge on any atom is -0.492 e. The zero-order valence-corrected chi connectivity index (χ0v) is 16.9. The monoisotopic (exact) mass is 375 g/mol. The van der Waals surface area contributed by atoms with Gasteiger partial charge in [-0.2, -0.15) is 0 Å². The van der Waals surface area contributed by atoms with Gasteiger partial charge in [-0.3, -0.25) is 14.5 Å². The predicted molar refractivity (Wildman–Crippen MR) is 108 cm³/mol. The SMILES string of the molecule is CCCCN(C)C(=O)C1CCN(CC(=O)Nc2ccccc2OCC)CC1. The maximum Gasteiger partial charge on any atom is 0.238 e. The van der Waals surface area contributed by atoms with Crippen LogP contribution >= 0.6 is 0 Å². The van der Waals surface area contributed by atoms with E-state index >= 15 is 0 Å². The van der Waals surface area contributed by atoms with Gasteiger partial charge in [0.05, 0.1) is 18.8 Å². The molecule has 1 heterocycles. The third-order valence-corrected chi connectivity index (χ3v) is 4.99. The molecule has 0 unspecified atom stereocenters. The van der Waals surface area contributed by atoms with Crippen molar-refractivity contribution in [3.05, 3.63) is 24.3 Å². The van der Waals surface area contributed by atoms with E-state index in [4.69, 9.17) is 4.74 Å². The summed E-state index contributed by atoms with van der Waals surface area (Å²) in [7, 11) is 1.90. The minimum absolute atomic E-state index is 0.0491. The molecule has 2 rings (SSSR count). The lowest BCUT2D eigenvalue weighted by molar-refractivity contribution is -0.135. The Kier molecular flexibility index (Phi) is 8.58. The van der Waals surface area contributed by atoms with Crippen LogP contribution in [0.5, 0.6) is 5.75 Å². The number of para-hydroxylation sites is 2. The van der Waals surface area contributed by atoms with E-state index in [1.807, 2.05) is 43.1 Å². The fourth-order valence-corrected chi connectivity index (χ4v) is 3.40. The summed E-state index contributed by atoms with van der Waals surface area (Å²) in [4.78, 5) is 28.9. The number of hydrogen-bond acceptors (Lipinski definition) is 4. The maximum atomic E-state index is 12.5. The topological polar surface area (TPSA) is 61.9 Å². The first-order valence-electron chi connectivity index (χ1n) is 10.0. The smallest absolute Gasteiger partial charge is 0.238 e. The Bertz CT molecular complexity index is 612. The van der Waals surface area contributed by atoms with Crippen molar-refractivity contribution in [2.75, 3.05) is 45.2 Å². The number of carbonyl (C=O) groups is 2. The maximum absolute atomic E-state index is 12.5. The molecular formula is C21H33N3O3. The number of anilines is 1. The third-order valence-electron chi connectivity index (χ3n) is 4.99. The summed E-state index contributed by atoms with van der Waals surface area (Å²) in [5.74, 6) is 0.975. The quantitative estimate of drug-likeness (QED) is 0.721. The van der Waals surface area contributed by atoms with E-state index < -0.39 is 0 Å². The largest absolute Gasteiger partial charge is 0.492 e. The van der Waals surface area contributed by atoms with Gasteiger partial charge in [0.15, 0.2) is 0 Å². The molecular weight excluding hydrogens is 342 g/mol. The molecule has 0 radical (unpaired) electrons. The van der Waals surface area contributed by atoms with Crippen LogP contribution < -0.4 is 10.1 Å². The number of carbonyl (C=O) groups excluding carboxylic acids is 2. The van der Waals surface area contributed by atoms with Crippen LogP contribution in [0.3, 0.4) is 0 Å². The zero-order chi connectivity index (χ0) is 19.6. The number of ether oxygens (including phenoxy) is 1. The molecule has 1 N–H and O–H groups in total. The molecule has 0 atom stereocenters. The molecule has 0 aromatic heterocycles. The molecule has 0 aliphatic carbocycles. The Morgan fingerprint density at radius 3 is 2.59 bits per heavy atom. The van der Waals surface area contributed by atoms with Crippen LogP contribution in [-0.2, 0) is 9.59 Å². The molecule has 2 amide bonds. The fraction of sp³-hybridized carbons (Fsp3) is 0.619. The van der Waals surface area contributed by atoms with Crippen molar-refractivity contribution in [1.82, 2.24) is 9.80 Å². The van der Waals surface area contributed by atoms with Crippen LogP contribution in [-0.4, -0.2) is 61.4 Å². The minimum atomic E-state index is -0.0491. The summed E-state index contributed by atoms with van der Waals surface area (Å²) in [5.41, 5.74) is 0.701. The molecule has 1 saturated heterocycles. The van der Waals surface area contributed by atoms with Crippen molar-refractivity contribution >= 4 is 17.5 Å². The Hall–Kier alpha value is -2.08. The van der Waals surface area contributed by atoms with Crippen LogP contribution in [0.25, 0.3) is 0 Å².